The molecular formula is C7H13NOS. The Balaban J connectivity index is 2.46. The molecule has 1 rings (SSSR count). The van der Waals surface area contributed by atoms with Crippen LogP contribution in [-0.2, 0) is 4.79 Å². The molecule has 1 aliphatic heterocycles. The molecule has 0 aromatic carbocycles. The number of rotatable bonds is 0. The molecule has 3 heteroatoms. The van der Waals surface area contributed by atoms with Gasteiger partial charge in [-0.1, -0.05) is 13.8 Å². The highest BCUT2D eigenvalue weighted by Crippen LogP contribution is 2.17. The lowest BCUT2D eigenvalue weighted by molar-refractivity contribution is -0.123. The number of hydrogen-bond acceptors (Lipinski definition) is 2. The molecule has 1 aliphatic rings. The van der Waals surface area contributed by atoms with Crippen molar-refractivity contribution in [2.24, 2.45) is 5.92 Å². The number of thioether (sulfide) groups is 1. The van der Waals surface area contributed by atoms with E-state index in [0.29, 0.717) is 5.25 Å². The SMILES string of the molecule is CC1CNC(=O)C(C)CS1. The summed E-state index contributed by atoms with van der Waals surface area (Å²) in [5.41, 5.74) is 0. The predicted octanol–water partition coefficient (Wildman–Crippen LogP) is 0.874. The lowest BCUT2D eigenvalue weighted by atomic mass is 10.2. The lowest BCUT2D eigenvalue weighted by Crippen LogP contribution is -2.30. The third kappa shape index (κ3) is 1.90. The molecule has 1 fully saturated rings. The van der Waals surface area contributed by atoms with E-state index in [1.54, 1.807) is 0 Å². The van der Waals surface area contributed by atoms with Gasteiger partial charge in [-0.05, 0) is 0 Å². The van der Waals surface area contributed by atoms with Crippen molar-refractivity contribution in [1.29, 1.82) is 0 Å². The number of nitrogens with one attached hydrogen (secondary N) is 1. The van der Waals surface area contributed by atoms with Gasteiger partial charge in [-0.2, -0.15) is 11.8 Å². The second-order valence-electron chi connectivity index (χ2n) is 2.79. The van der Waals surface area contributed by atoms with Crippen LogP contribution in [0.4, 0.5) is 0 Å². The molecule has 1 amide bonds. The Morgan fingerprint density at radius 3 is 3.00 bits per heavy atom. The monoisotopic (exact) mass is 159 g/mol. The van der Waals surface area contributed by atoms with Crippen LogP contribution in [0.25, 0.3) is 0 Å². The summed E-state index contributed by atoms with van der Waals surface area (Å²) in [6.07, 6.45) is 0. The van der Waals surface area contributed by atoms with Gasteiger partial charge >= 0.3 is 0 Å². The van der Waals surface area contributed by atoms with E-state index in [-0.39, 0.29) is 11.8 Å². The largest absolute Gasteiger partial charge is 0.355 e. The molecule has 0 radical (unpaired) electrons. The van der Waals surface area contributed by atoms with Crippen molar-refractivity contribution >= 4 is 17.7 Å². The Bertz CT molecular complexity index is 138. The zero-order valence-electron chi connectivity index (χ0n) is 6.39. The van der Waals surface area contributed by atoms with Crippen LogP contribution in [0.1, 0.15) is 13.8 Å². The number of hydrogen-bond donors (Lipinski definition) is 1. The van der Waals surface area contributed by atoms with Gasteiger partial charge in [0.1, 0.15) is 0 Å². The van der Waals surface area contributed by atoms with E-state index in [2.05, 4.69) is 12.2 Å². The molecule has 2 atom stereocenters. The molecule has 1 saturated heterocycles. The van der Waals surface area contributed by atoms with Gasteiger partial charge in [0.25, 0.3) is 0 Å². The van der Waals surface area contributed by atoms with Crippen LogP contribution in [0.2, 0.25) is 0 Å². The van der Waals surface area contributed by atoms with Crippen molar-refractivity contribution in [3.63, 3.8) is 0 Å². The van der Waals surface area contributed by atoms with Crippen molar-refractivity contribution < 1.29 is 4.79 Å². The molecule has 0 aliphatic carbocycles. The molecule has 0 saturated carbocycles. The van der Waals surface area contributed by atoms with Gasteiger partial charge in [-0.15, -0.1) is 0 Å². The van der Waals surface area contributed by atoms with Gasteiger partial charge in [-0.3, -0.25) is 4.79 Å². The van der Waals surface area contributed by atoms with Crippen LogP contribution in [0, 0.1) is 5.92 Å². The molecule has 0 aromatic heterocycles. The zero-order chi connectivity index (χ0) is 7.56. The van der Waals surface area contributed by atoms with Crippen LogP contribution < -0.4 is 5.32 Å². The topological polar surface area (TPSA) is 29.1 Å². The van der Waals surface area contributed by atoms with Gasteiger partial charge in [0.05, 0.1) is 0 Å². The van der Waals surface area contributed by atoms with Gasteiger partial charge in [0.15, 0.2) is 0 Å². The smallest absolute Gasteiger partial charge is 0.223 e. The van der Waals surface area contributed by atoms with E-state index in [0.717, 1.165) is 12.3 Å². The number of amides is 1. The van der Waals surface area contributed by atoms with E-state index in [1.165, 1.54) is 0 Å². The van der Waals surface area contributed by atoms with Gasteiger partial charge in [0.2, 0.25) is 5.91 Å². The molecule has 2 nitrogen and oxygen atoms in total. The highest BCUT2D eigenvalue weighted by Gasteiger charge is 2.18. The standard InChI is InChI=1S/C7H13NOS/c1-5-4-10-6(2)3-8-7(5)9/h5-6H,3-4H2,1-2H3,(H,8,9). The van der Waals surface area contributed by atoms with Gasteiger partial charge < -0.3 is 5.32 Å². The van der Waals surface area contributed by atoms with Crippen LogP contribution >= 0.6 is 11.8 Å². The fourth-order valence-corrected chi connectivity index (χ4v) is 1.83. The van der Waals surface area contributed by atoms with Crippen LogP contribution in [-0.4, -0.2) is 23.5 Å². The summed E-state index contributed by atoms with van der Waals surface area (Å²) < 4.78 is 0. The third-order valence-electron chi connectivity index (χ3n) is 1.64. The van der Waals surface area contributed by atoms with Crippen LogP contribution in [0.5, 0.6) is 0 Å². The summed E-state index contributed by atoms with van der Waals surface area (Å²) in [6, 6.07) is 0. The highest BCUT2D eigenvalue weighted by molar-refractivity contribution is 7.99. The second kappa shape index (κ2) is 3.28. The predicted molar refractivity (Wildman–Crippen MR) is 44.1 cm³/mol. The molecule has 2 unspecified atom stereocenters. The van der Waals surface area contributed by atoms with E-state index in [9.17, 15) is 4.79 Å². The second-order valence-corrected chi connectivity index (χ2v) is 4.26. The molecule has 1 heterocycles. The molecule has 0 bridgehead atoms. The summed E-state index contributed by atoms with van der Waals surface area (Å²) >= 11 is 1.87. The average molecular weight is 159 g/mol. The Morgan fingerprint density at radius 2 is 2.30 bits per heavy atom. The quantitative estimate of drug-likeness (QED) is 0.568. The maximum atomic E-state index is 11.0. The molecule has 0 spiro atoms. The van der Waals surface area contributed by atoms with Crippen molar-refractivity contribution in [2.45, 2.75) is 19.1 Å². The molecule has 0 aromatic rings. The molecule has 10 heavy (non-hydrogen) atoms. The summed E-state index contributed by atoms with van der Waals surface area (Å²) in [5, 5.41) is 3.46. The summed E-state index contributed by atoms with van der Waals surface area (Å²) in [4.78, 5) is 11.0. The molecular weight excluding hydrogens is 146 g/mol. The van der Waals surface area contributed by atoms with E-state index in [4.69, 9.17) is 0 Å². The van der Waals surface area contributed by atoms with Crippen molar-refractivity contribution in [1.82, 2.24) is 5.32 Å². The lowest BCUT2D eigenvalue weighted by Gasteiger charge is -2.03. The molecule has 58 valence electrons. The van der Waals surface area contributed by atoms with Gasteiger partial charge in [-0.25, -0.2) is 0 Å². The highest BCUT2D eigenvalue weighted by atomic mass is 32.2. The summed E-state index contributed by atoms with van der Waals surface area (Å²) in [5.74, 6) is 1.36. The Kier molecular flexibility index (Phi) is 2.60. The maximum absolute atomic E-state index is 11.0. The first-order valence-corrected chi connectivity index (χ1v) is 4.64. The average Bonchev–Trinajstić information content (AvgIpc) is 2.04. The Hall–Kier alpha value is -0.180. The van der Waals surface area contributed by atoms with E-state index < -0.39 is 0 Å². The van der Waals surface area contributed by atoms with Crippen LogP contribution in [0.3, 0.4) is 0 Å². The van der Waals surface area contributed by atoms with Crippen molar-refractivity contribution in [2.75, 3.05) is 12.3 Å². The fraction of sp³-hybridized carbons (Fsp3) is 0.857. The number of carbonyl (C=O) groups excluding carboxylic acids is 1. The van der Waals surface area contributed by atoms with E-state index in [1.807, 2.05) is 18.7 Å². The summed E-state index contributed by atoms with van der Waals surface area (Å²) in [7, 11) is 0. The third-order valence-corrected chi connectivity index (χ3v) is 3.07. The Morgan fingerprint density at radius 1 is 1.60 bits per heavy atom. The fourth-order valence-electron chi connectivity index (χ4n) is 0.862. The minimum atomic E-state index is 0.190. The first-order valence-electron chi connectivity index (χ1n) is 3.59. The number of carbonyl (C=O) groups is 1. The minimum absolute atomic E-state index is 0.190. The summed E-state index contributed by atoms with van der Waals surface area (Å²) in [6.45, 7) is 4.94. The molecule has 1 N–H and O–H groups in total. The van der Waals surface area contributed by atoms with E-state index >= 15 is 0 Å². The zero-order valence-corrected chi connectivity index (χ0v) is 7.20. The minimum Gasteiger partial charge on any atom is -0.355 e. The van der Waals surface area contributed by atoms with Crippen molar-refractivity contribution in [3.05, 3.63) is 0 Å². The van der Waals surface area contributed by atoms with Crippen LogP contribution in [0.15, 0.2) is 0 Å². The van der Waals surface area contributed by atoms with Crippen molar-refractivity contribution in [3.8, 4) is 0 Å². The normalized spacial score (nSPS) is 34.8. The first kappa shape index (κ1) is 7.92. The van der Waals surface area contributed by atoms with Gasteiger partial charge in [0, 0.05) is 23.5 Å². The Labute approximate surface area is 65.8 Å². The first-order chi connectivity index (χ1) is 4.70. The maximum Gasteiger partial charge on any atom is 0.223 e.